The molecule has 4 heteroatoms. The lowest BCUT2D eigenvalue weighted by molar-refractivity contribution is -0.0377. The van der Waals surface area contributed by atoms with Gasteiger partial charge in [-0.15, -0.1) is 11.3 Å². The molecule has 3 nitrogen and oxygen atoms in total. The van der Waals surface area contributed by atoms with Gasteiger partial charge in [0.15, 0.2) is 0 Å². The first-order valence-corrected chi connectivity index (χ1v) is 10.4. The molecule has 3 saturated heterocycles. The van der Waals surface area contributed by atoms with Crippen molar-refractivity contribution >= 4 is 27.3 Å². The summed E-state index contributed by atoms with van der Waals surface area (Å²) < 4.78 is 1.22. The van der Waals surface area contributed by atoms with Gasteiger partial charge in [0.2, 0.25) is 0 Å². The molecule has 1 aromatic heterocycles. The zero-order chi connectivity index (χ0) is 17.2. The zero-order valence-corrected chi connectivity index (χ0v) is 15.9. The lowest BCUT2D eigenvalue weighted by Gasteiger charge is -2.56. The SMILES string of the molecule is CC1(C)C(NC(=O)c2cc3cc(C4CC4)ccc3s2)C2CCN1CC2. The summed E-state index contributed by atoms with van der Waals surface area (Å²) in [5.74, 6) is 1.50. The van der Waals surface area contributed by atoms with Gasteiger partial charge in [0, 0.05) is 16.3 Å². The Kier molecular flexibility index (Phi) is 3.52. The molecular formula is C21H26N2OS. The van der Waals surface area contributed by atoms with Gasteiger partial charge in [-0.25, -0.2) is 0 Å². The monoisotopic (exact) mass is 354 g/mol. The first-order chi connectivity index (χ1) is 12.0. The highest BCUT2D eigenvalue weighted by molar-refractivity contribution is 7.20. The van der Waals surface area contributed by atoms with Crippen molar-refractivity contribution in [3.05, 3.63) is 34.7 Å². The van der Waals surface area contributed by atoms with E-state index < -0.39 is 0 Å². The summed E-state index contributed by atoms with van der Waals surface area (Å²) in [5.41, 5.74) is 1.50. The molecule has 1 aliphatic carbocycles. The Morgan fingerprint density at radius 3 is 2.60 bits per heavy atom. The van der Waals surface area contributed by atoms with Crippen molar-refractivity contribution in [2.75, 3.05) is 13.1 Å². The van der Waals surface area contributed by atoms with E-state index in [1.54, 1.807) is 11.3 Å². The van der Waals surface area contributed by atoms with Gasteiger partial charge in [-0.1, -0.05) is 12.1 Å². The van der Waals surface area contributed by atoms with E-state index >= 15 is 0 Å². The second-order valence-corrected chi connectivity index (χ2v) is 9.70. The quantitative estimate of drug-likeness (QED) is 0.887. The van der Waals surface area contributed by atoms with E-state index in [4.69, 9.17) is 0 Å². The molecule has 1 atom stereocenters. The third-order valence-electron chi connectivity index (χ3n) is 6.69. The summed E-state index contributed by atoms with van der Waals surface area (Å²) in [6.07, 6.45) is 5.06. The second kappa shape index (κ2) is 5.55. The standard InChI is InChI=1S/C21H26N2OS/c1-21(2)19(14-7-9-23(21)10-8-14)22-20(24)18-12-16-11-15(13-3-4-13)5-6-17(16)25-18/h5-6,11-14,19H,3-4,7-10H2,1-2H3,(H,22,24). The molecule has 0 radical (unpaired) electrons. The van der Waals surface area contributed by atoms with Gasteiger partial charge in [-0.2, -0.15) is 0 Å². The topological polar surface area (TPSA) is 32.3 Å². The maximum atomic E-state index is 13.0. The molecule has 0 spiro atoms. The highest BCUT2D eigenvalue weighted by atomic mass is 32.1. The average molecular weight is 355 g/mol. The number of rotatable bonds is 3. The molecule has 1 N–H and O–H groups in total. The summed E-state index contributed by atoms with van der Waals surface area (Å²) in [4.78, 5) is 16.4. The Balaban J connectivity index is 1.39. The number of thiophene rings is 1. The van der Waals surface area contributed by atoms with Crippen molar-refractivity contribution < 1.29 is 4.79 Å². The number of nitrogens with zero attached hydrogens (tertiary/aromatic N) is 1. The summed E-state index contributed by atoms with van der Waals surface area (Å²) >= 11 is 1.63. The van der Waals surface area contributed by atoms with E-state index in [9.17, 15) is 4.79 Å². The van der Waals surface area contributed by atoms with Crippen LogP contribution in [-0.2, 0) is 0 Å². The number of carbonyl (C=O) groups is 1. The van der Waals surface area contributed by atoms with E-state index in [0.717, 1.165) is 10.8 Å². The Hall–Kier alpha value is -1.39. The third kappa shape index (κ3) is 2.61. The minimum Gasteiger partial charge on any atom is -0.346 e. The molecule has 1 aromatic carbocycles. The molecule has 1 unspecified atom stereocenters. The molecule has 1 amide bonds. The Morgan fingerprint density at radius 1 is 1.16 bits per heavy atom. The highest BCUT2D eigenvalue weighted by Crippen LogP contribution is 2.42. The number of benzene rings is 1. The summed E-state index contributed by atoms with van der Waals surface area (Å²) in [7, 11) is 0. The number of hydrogen-bond donors (Lipinski definition) is 1. The molecule has 3 aliphatic heterocycles. The van der Waals surface area contributed by atoms with Crippen molar-refractivity contribution in [1.29, 1.82) is 0 Å². The van der Waals surface area contributed by atoms with Crippen LogP contribution in [0.4, 0.5) is 0 Å². The van der Waals surface area contributed by atoms with Crippen LogP contribution in [0.5, 0.6) is 0 Å². The van der Waals surface area contributed by atoms with E-state index in [0.29, 0.717) is 5.92 Å². The van der Waals surface area contributed by atoms with Gasteiger partial charge in [-0.05, 0) is 87.5 Å². The van der Waals surface area contributed by atoms with E-state index in [1.807, 2.05) is 0 Å². The number of piperidine rings is 3. The van der Waals surface area contributed by atoms with Gasteiger partial charge >= 0.3 is 0 Å². The predicted octanol–water partition coefficient (Wildman–Crippen LogP) is 4.38. The van der Waals surface area contributed by atoms with Crippen LogP contribution in [0.3, 0.4) is 0 Å². The maximum absolute atomic E-state index is 13.0. The fourth-order valence-corrected chi connectivity index (χ4v) is 5.88. The van der Waals surface area contributed by atoms with Crippen molar-refractivity contribution in [2.45, 2.75) is 57.0 Å². The molecular weight excluding hydrogens is 328 g/mol. The van der Waals surface area contributed by atoms with Crippen molar-refractivity contribution in [1.82, 2.24) is 10.2 Å². The van der Waals surface area contributed by atoms with Crippen LogP contribution in [-0.4, -0.2) is 35.5 Å². The number of amides is 1. The molecule has 6 rings (SSSR count). The van der Waals surface area contributed by atoms with Crippen LogP contribution in [0, 0.1) is 5.92 Å². The molecule has 2 bridgehead atoms. The largest absolute Gasteiger partial charge is 0.346 e. The van der Waals surface area contributed by atoms with Crippen LogP contribution < -0.4 is 5.32 Å². The van der Waals surface area contributed by atoms with E-state index in [-0.39, 0.29) is 17.5 Å². The van der Waals surface area contributed by atoms with Gasteiger partial charge < -0.3 is 5.32 Å². The smallest absolute Gasteiger partial charge is 0.261 e. The average Bonchev–Trinajstić information content (AvgIpc) is 3.36. The van der Waals surface area contributed by atoms with Crippen molar-refractivity contribution in [3.63, 3.8) is 0 Å². The molecule has 4 heterocycles. The Morgan fingerprint density at radius 2 is 1.92 bits per heavy atom. The Labute approximate surface area is 153 Å². The van der Waals surface area contributed by atoms with Gasteiger partial charge in [0.25, 0.3) is 5.91 Å². The summed E-state index contributed by atoms with van der Waals surface area (Å²) in [6, 6.07) is 9.08. The van der Waals surface area contributed by atoms with Crippen LogP contribution in [0.1, 0.15) is 60.7 Å². The van der Waals surface area contributed by atoms with Crippen LogP contribution in [0.15, 0.2) is 24.3 Å². The van der Waals surface area contributed by atoms with E-state index in [1.165, 1.54) is 54.4 Å². The van der Waals surface area contributed by atoms with Gasteiger partial charge in [0.05, 0.1) is 4.88 Å². The number of hydrogen-bond acceptors (Lipinski definition) is 3. The molecule has 132 valence electrons. The third-order valence-corrected chi connectivity index (χ3v) is 7.80. The van der Waals surface area contributed by atoms with Gasteiger partial charge in [-0.3, -0.25) is 9.69 Å². The predicted molar refractivity (Wildman–Crippen MR) is 103 cm³/mol. The Bertz CT molecular complexity index is 828. The lowest BCUT2D eigenvalue weighted by Crippen LogP contribution is -2.69. The van der Waals surface area contributed by atoms with Crippen molar-refractivity contribution in [3.8, 4) is 0 Å². The van der Waals surface area contributed by atoms with Gasteiger partial charge in [0.1, 0.15) is 0 Å². The molecule has 25 heavy (non-hydrogen) atoms. The fourth-order valence-electron chi connectivity index (χ4n) is 4.93. The summed E-state index contributed by atoms with van der Waals surface area (Å²) in [5, 5.41) is 4.63. The highest BCUT2D eigenvalue weighted by Gasteiger charge is 2.48. The number of carbonyl (C=O) groups excluding carboxylic acids is 1. The zero-order valence-electron chi connectivity index (χ0n) is 15.0. The molecule has 4 fully saturated rings. The van der Waals surface area contributed by atoms with Crippen LogP contribution >= 0.6 is 11.3 Å². The molecule has 1 saturated carbocycles. The molecule has 2 aromatic rings. The lowest BCUT2D eigenvalue weighted by atomic mass is 9.72. The first-order valence-electron chi connectivity index (χ1n) is 9.62. The summed E-state index contributed by atoms with van der Waals surface area (Å²) in [6.45, 7) is 6.93. The number of fused-ring (bicyclic) bond motifs is 4. The second-order valence-electron chi connectivity index (χ2n) is 8.61. The first kappa shape index (κ1) is 15.8. The minimum atomic E-state index is 0.0622. The van der Waals surface area contributed by atoms with Crippen molar-refractivity contribution in [2.24, 2.45) is 5.92 Å². The number of nitrogens with one attached hydrogen (secondary N) is 1. The minimum absolute atomic E-state index is 0.0622. The maximum Gasteiger partial charge on any atom is 0.261 e. The molecule has 4 aliphatic rings. The fraction of sp³-hybridized carbons (Fsp3) is 0.571. The normalized spacial score (nSPS) is 30.6. The van der Waals surface area contributed by atoms with E-state index in [2.05, 4.69) is 48.3 Å². The van der Waals surface area contributed by atoms with Crippen LogP contribution in [0.2, 0.25) is 0 Å². The van der Waals surface area contributed by atoms with Crippen LogP contribution in [0.25, 0.3) is 10.1 Å².